The lowest BCUT2D eigenvalue weighted by atomic mass is 9.96. The molecule has 0 aromatic rings. The van der Waals surface area contributed by atoms with E-state index in [2.05, 4.69) is 67.8 Å². The Kier molecular flexibility index (Phi) is 30.6. The molecule has 0 saturated carbocycles. The SMILES string of the molecule is CC/C=C\C/C=C\C/C=C\CCCCCCCC(=O)NC(COC1OC(CO)C(OC2OC(CO)C(OC3OC(CO)C(O)C(O)C3O)C(O)C2O)C(O)C1O)C(O)/C=C/CC/C=C/CCCCC. The van der Waals surface area contributed by atoms with E-state index in [0.29, 0.717) is 12.8 Å². The summed E-state index contributed by atoms with van der Waals surface area (Å²) in [5.41, 5.74) is 0. The van der Waals surface area contributed by atoms with Crippen LogP contribution >= 0.6 is 0 Å². The quantitative estimate of drug-likeness (QED) is 0.0326. The third kappa shape index (κ3) is 20.9. The van der Waals surface area contributed by atoms with Crippen LogP contribution in [-0.2, 0) is 33.2 Å². The van der Waals surface area contributed by atoms with Crippen LogP contribution in [0.1, 0.15) is 117 Å². The highest BCUT2D eigenvalue weighted by atomic mass is 16.8. The van der Waals surface area contributed by atoms with Gasteiger partial charge in [-0.25, -0.2) is 0 Å². The van der Waals surface area contributed by atoms with Crippen LogP contribution in [0.4, 0.5) is 0 Å². The van der Waals surface area contributed by atoms with Gasteiger partial charge in [0.15, 0.2) is 18.9 Å². The van der Waals surface area contributed by atoms with Crippen LogP contribution in [0.2, 0.25) is 0 Å². The maximum Gasteiger partial charge on any atom is 0.220 e. The van der Waals surface area contributed by atoms with Crippen molar-refractivity contribution in [2.75, 3.05) is 26.4 Å². The molecule has 3 saturated heterocycles. The normalized spacial score (nSPS) is 33.4. The zero-order chi connectivity index (χ0) is 50.6. The Morgan fingerprint density at radius 2 is 1.01 bits per heavy atom. The highest BCUT2D eigenvalue weighted by Gasteiger charge is 2.53. The number of unbranched alkanes of at least 4 members (excludes halogenated alkanes) is 9. The van der Waals surface area contributed by atoms with Gasteiger partial charge >= 0.3 is 0 Å². The second-order valence-electron chi connectivity index (χ2n) is 17.9. The number of carbonyl (C=O) groups is 1. The van der Waals surface area contributed by atoms with Gasteiger partial charge in [0.1, 0.15) is 73.2 Å². The van der Waals surface area contributed by atoms with E-state index in [1.54, 1.807) is 6.08 Å². The highest BCUT2D eigenvalue weighted by molar-refractivity contribution is 5.76. The molecular weight excluding hydrogens is 903 g/mol. The number of ether oxygens (including phenoxy) is 6. The van der Waals surface area contributed by atoms with Crippen molar-refractivity contribution < 1.29 is 89.4 Å². The highest BCUT2D eigenvalue weighted by Crippen LogP contribution is 2.33. The topological polar surface area (TPSA) is 307 Å². The smallest absolute Gasteiger partial charge is 0.220 e. The van der Waals surface area contributed by atoms with Crippen LogP contribution in [0.15, 0.2) is 60.8 Å². The van der Waals surface area contributed by atoms with E-state index in [-0.39, 0.29) is 18.9 Å². The van der Waals surface area contributed by atoms with E-state index in [1.807, 2.05) is 6.08 Å². The number of carbonyl (C=O) groups excluding carboxylic acids is 1. The van der Waals surface area contributed by atoms with Crippen molar-refractivity contribution in [2.24, 2.45) is 0 Å². The van der Waals surface area contributed by atoms with Gasteiger partial charge in [0.2, 0.25) is 5.91 Å². The maximum absolute atomic E-state index is 13.2. The van der Waals surface area contributed by atoms with Gasteiger partial charge in [-0.2, -0.15) is 0 Å². The molecule has 3 aliphatic heterocycles. The molecule has 0 bridgehead atoms. The van der Waals surface area contributed by atoms with Crippen molar-refractivity contribution >= 4 is 5.91 Å². The molecule has 19 heteroatoms. The summed E-state index contributed by atoms with van der Waals surface area (Å²) >= 11 is 0. The van der Waals surface area contributed by atoms with Gasteiger partial charge in [-0.15, -0.1) is 0 Å². The first kappa shape index (κ1) is 60.8. The molecule has 17 atom stereocenters. The minimum Gasteiger partial charge on any atom is -0.394 e. The fourth-order valence-corrected chi connectivity index (χ4v) is 8.10. The van der Waals surface area contributed by atoms with Crippen molar-refractivity contribution in [1.29, 1.82) is 0 Å². The van der Waals surface area contributed by atoms with E-state index in [1.165, 1.54) is 6.42 Å². The molecule has 19 nitrogen and oxygen atoms in total. The van der Waals surface area contributed by atoms with Gasteiger partial charge in [-0.1, -0.05) is 107 Å². The fraction of sp³-hybridized carbons (Fsp3) is 0.780. The van der Waals surface area contributed by atoms with Crippen LogP contribution < -0.4 is 5.32 Å². The molecule has 1 amide bonds. The van der Waals surface area contributed by atoms with E-state index >= 15 is 0 Å². The van der Waals surface area contributed by atoms with Gasteiger partial charge in [-0.3, -0.25) is 4.79 Å². The summed E-state index contributed by atoms with van der Waals surface area (Å²) < 4.78 is 34.0. The number of hydrogen-bond acceptors (Lipinski definition) is 18. The number of allylic oxidation sites excluding steroid dienone is 9. The number of amides is 1. The Morgan fingerprint density at radius 1 is 0.536 bits per heavy atom. The molecule has 3 fully saturated rings. The summed E-state index contributed by atoms with van der Waals surface area (Å²) in [6.07, 6.45) is 8.21. The Labute approximate surface area is 407 Å². The Balaban J connectivity index is 1.57. The zero-order valence-corrected chi connectivity index (χ0v) is 40.5. The van der Waals surface area contributed by atoms with Crippen molar-refractivity contribution in [3.8, 4) is 0 Å². The first-order valence-corrected chi connectivity index (χ1v) is 25.0. The van der Waals surface area contributed by atoms with Crippen LogP contribution in [0.5, 0.6) is 0 Å². The second kappa shape index (κ2) is 34.8. The number of aliphatic hydroxyl groups is 11. The number of aliphatic hydroxyl groups excluding tert-OH is 11. The lowest BCUT2D eigenvalue weighted by Crippen LogP contribution is -2.66. The van der Waals surface area contributed by atoms with Crippen LogP contribution in [-0.4, -0.2) is 193 Å². The third-order valence-corrected chi connectivity index (χ3v) is 12.3. The van der Waals surface area contributed by atoms with Gasteiger partial charge < -0.3 is 89.9 Å². The summed E-state index contributed by atoms with van der Waals surface area (Å²) in [5, 5.41) is 119. The molecular formula is C50H85NO18. The van der Waals surface area contributed by atoms with Crippen molar-refractivity contribution in [1.82, 2.24) is 5.32 Å². The molecule has 3 heterocycles. The van der Waals surface area contributed by atoms with Crippen molar-refractivity contribution in [2.45, 2.75) is 221 Å². The predicted octanol–water partition coefficient (Wildman–Crippen LogP) is 1.36. The molecule has 3 aliphatic rings. The standard InChI is InChI=1S/C50H85NO18/c1-3-5-7-9-11-13-14-15-16-17-18-20-22-24-26-28-38(56)51-33(34(55)27-25-23-21-19-12-10-8-6-4-2)32-64-48-44(62)41(59)46(36(30-53)66-48)69-50-45(63)42(60)47(37(31-54)67-50)68-49-43(61)40(58)39(57)35(29-52)65-49/h5,7,11-13,15-16,19,25,27,33-37,39-50,52-55,57-63H,3-4,6,8-10,14,17-18,20-24,26,28-32H2,1-2H3,(H,51,56)/b7-5-,13-11-,16-15-,19-12+,27-25+. The average molecular weight is 988 g/mol. The van der Waals surface area contributed by atoms with Gasteiger partial charge in [0, 0.05) is 6.42 Å². The molecule has 398 valence electrons. The Hall–Kier alpha value is -2.51. The number of rotatable bonds is 33. The molecule has 0 aromatic carbocycles. The first-order valence-electron chi connectivity index (χ1n) is 25.0. The molecule has 0 aromatic heterocycles. The first-order chi connectivity index (χ1) is 33.3. The lowest BCUT2D eigenvalue weighted by Gasteiger charge is -2.48. The molecule has 0 aliphatic carbocycles. The van der Waals surface area contributed by atoms with Crippen molar-refractivity contribution in [3.63, 3.8) is 0 Å². The second-order valence-corrected chi connectivity index (χ2v) is 17.9. The van der Waals surface area contributed by atoms with Gasteiger partial charge in [-0.05, 0) is 64.2 Å². The Bertz CT molecular complexity index is 1510. The fourth-order valence-electron chi connectivity index (χ4n) is 8.10. The molecule has 17 unspecified atom stereocenters. The lowest BCUT2D eigenvalue weighted by molar-refractivity contribution is -0.379. The largest absolute Gasteiger partial charge is 0.394 e. The molecule has 0 spiro atoms. The molecule has 69 heavy (non-hydrogen) atoms. The summed E-state index contributed by atoms with van der Waals surface area (Å²) in [5.74, 6) is -0.311. The minimum atomic E-state index is -1.98. The van der Waals surface area contributed by atoms with Crippen LogP contribution in [0.25, 0.3) is 0 Å². The van der Waals surface area contributed by atoms with E-state index < -0.39 is 124 Å². The van der Waals surface area contributed by atoms with E-state index in [4.69, 9.17) is 28.4 Å². The molecule has 0 radical (unpaired) electrons. The van der Waals surface area contributed by atoms with Gasteiger partial charge in [0.05, 0.1) is 38.6 Å². The van der Waals surface area contributed by atoms with E-state index in [0.717, 1.165) is 77.0 Å². The number of nitrogens with one attached hydrogen (secondary N) is 1. The number of hydrogen-bond donors (Lipinski definition) is 12. The van der Waals surface area contributed by atoms with E-state index in [9.17, 15) is 61.0 Å². The maximum atomic E-state index is 13.2. The Morgan fingerprint density at radius 3 is 1.62 bits per heavy atom. The summed E-state index contributed by atoms with van der Waals surface area (Å²) in [6, 6.07) is -0.997. The minimum absolute atomic E-state index is 0.212. The van der Waals surface area contributed by atoms with Gasteiger partial charge in [0.25, 0.3) is 0 Å². The zero-order valence-electron chi connectivity index (χ0n) is 40.5. The van der Waals surface area contributed by atoms with Crippen LogP contribution in [0.3, 0.4) is 0 Å². The monoisotopic (exact) mass is 988 g/mol. The summed E-state index contributed by atoms with van der Waals surface area (Å²) in [4.78, 5) is 13.2. The van der Waals surface area contributed by atoms with Crippen LogP contribution in [0, 0.1) is 0 Å². The van der Waals surface area contributed by atoms with Crippen molar-refractivity contribution in [3.05, 3.63) is 60.8 Å². The molecule has 12 N–H and O–H groups in total. The summed E-state index contributed by atoms with van der Waals surface area (Å²) in [6.45, 7) is 1.45. The third-order valence-electron chi connectivity index (χ3n) is 12.3. The predicted molar refractivity (Wildman–Crippen MR) is 254 cm³/mol. The molecule has 3 rings (SSSR count). The average Bonchev–Trinajstić information content (AvgIpc) is 3.34. The summed E-state index contributed by atoms with van der Waals surface area (Å²) in [7, 11) is 0.